The Hall–Kier alpha value is -5.06. The molecule has 0 aliphatic rings. The molecule has 41 heavy (non-hydrogen) atoms. The van der Waals surface area contributed by atoms with Crippen LogP contribution in [0.2, 0.25) is 0 Å². The highest BCUT2D eigenvalue weighted by atomic mass is 32.1. The van der Waals surface area contributed by atoms with Crippen molar-refractivity contribution in [3.63, 3.8) is 0 Å². The number of hydrogen-bond acceptors (Lipinski definition) is 12. The van der Waals surface area contributed by atoms with E-state index in [0.717, 1.165) is 16.9 Å². The smallest absolute Gasteiger partial charge is 0.269 e. The third-order valence-corrected chi connectivity index (χ3v) is 8.14. The largest absolute Gasteiger partial charge is 0.496 e. The van der Waals surface area contributed by atoms with Gasteiger partial charge in [0.05, 0.1) is 39.8 Å². The third kappa shape index (κ3) is 4.79. The molecule has 0 spiro atoms. The highest BCUT2D eigenvalue weighted by Gasteiger charge is 2.26. The molecule has 5 N–H and O–H groups in total. The number of anilines is 3. The standard InChI is InChI=1S/C28H24N6O5S2/c1-36-17-8-6-5-7-14(17)16-12-40-28(32-16)34-26(35)24-22(30)21-20(15(11-29)25(31)33-27(21)41-24)13-9-18(37-2)23(39-4)19(10-13)38-3/h5-10,12H,30H2,1-4H3,(H2,31,33)(H,32,34,35). The summed E-state index contributed by atoms with van der Waals surface area (Å²) in [7, 11) is 6.06. The lowest BCUT2D eigenvalue weighted by molar-refractivity contribution is 0.103. The van der Waals surface area contributed by atoms with Gasteiger partial charge in [0.1, 0.15) is 32.9 Å². The van der Waals surface area contributed by atoms with Crippen LogP contribution in [-0.2, 0) is 0 Å². The van der Waals surface area contributed by atoms with Crippen molar-refractivity contribution >= 4 is 55.4 Å². The van der Waals surface area contributed by atoms with Crippen LogP contribution in [0.25, 0.3) is 32.6 Å². The van der Waals surface area contributed by atoms with E-state index in [1.807, 2.05) is 29.6 Å². The van der Waals surface area contributed by atoms with Crippen LogP contribution in [-0.4, -0.2) is 44.3 Å². The Kier molecular flexibility index (Phi) is 7.52. The minimum Gasteiger partial charge on any atom is -0.496 e. The number of amides is 1. The van der Waals surface area contributed by atoms with E-state index in [0.29, 0.717) is 55.2 Å². The van der Waals surface area contributed by atoms with E-state index in [4.69, 9.17) is 30.4 Å². The molecule has 0 saturated carbocycles. The zero-order valence-electron chi connectivity index (χ0n) is 22.4. The Morgan fingerprint density at radius 3 is 2.29 bits per heavy atom. The Morgan fingerprint density at radius 1 is 0.976 bits per heavy atom. The maximum Gasteiger partial charge on any atom is 0.269 e. The number of ether oxygens (including phenoxy) is 4. The highest BCUT2D eigenvalue weighted by molar-refractivity contribution is 7.21. The van der Waals surface area contributed by atoms with Crippen LogP contribution in [0.3, 0.4) is 0 Å². The molecule has 0 radical (unpaired) electrons. The number of carbonyl (C=O) groups excluding carboxylic acids is 1. The van der Waals surface area contributed by atoms with Crippen LogP contribution in [0.4, 0.5) is 16.6 Å². The number of thiazole rings is 1. The van der Waals surface area contributed by atoms with Crippen molar-refractivity contribution < 1.29 is 23.7 Å². The monoisotopic (exact) mass is 588 g/mol. The highest BCUT2D eigenvalue weighted by Crippen LogP contribution is 2.47. The minimum atomic E-state index is -0.473. The van der Waals surface area contributed by atoms with Crippen molar-refractivity contribution in [1.29, 1.82) is 5.26 Å². The number of thiophene rings is 1. The molecule has 5 rings (SSSR count). The molecule has 1 amide bonds. The fourth-order valence-electron chi connectivity index (χ4n) is 4.43. The summed E-state index contributed by atoms with van der Waals surface area (Å²) in [6.07, 6.45) is 0. The zero-order chi connectivity index (χ0) is 29.3. The molecule has 5 aromatic rings. The van der Waals surface area contributed by atoms with Crippen molar-refractivity contribution in [2.24, 2.45) is 0 Å². The summed E-state index contributed by atoms with van der Waals surface area (Å²) >= 11 is 2.33. The number of hydrogen-bond donors (Lipinski definition) is 3. The third-order valence-electron chi connectivity index (χ3n) is 6.28. The van der Waals surface area contributed by atoms with Gasteiger partial charge in [-0.1, -0.05) is 12.1 Å². The number of fused-ring (bicyclic) bond motifs is 1. The predicted molar refractivity (Wildman–Crippen MR) is 160 cm³/mol. The summed E-state index contributed by atoms with van der Waals surface area (Å²) in [5, 5.41) is 15.5. The van der Waals surface area contributed by atoms with E-state index in [1.54, 1.807) is 19.2 Å². The SMILES string of the molecule is COc1ccccc1-c1csc(NC(=O)c2sc3nc(N)c(C#N)c(-c4cc(OC)c(OC)c(OC)c4)c3c2N)n1. The maximum atomic E-state index is 13.4. The van der Waals surface area contributed by atoms with E-state index in [-0.39, 0.29) is 21.9 Å². The Balaban J connectivity index is 1.60. The fourth-order valence-corrected chi connectivity index (χ4v) is 6.14. The van der Waals surface area contributed by atoms with Gasteiger partial charge in [-0.05, 0) is 29.8 Å². The molecule has 0 aliphatic heterocycles. The minimum absolute atomic E-state index is 0.00154. The summed E-state index contributed by atoms with van der Waals surface area (Å²) in [6, 6.07) is 13.0. The average Bonchev–Trinajstić information content (AvgIpc) is 3.59. The average molecular weight is 589 g/mol. The van der Waals surface area contributed by atoms with Crippen LogP contribution >= 0.6 is 22.7 Å². The number of nitrogens with zero attached hydrogens (tertiary/aromatic N) is 3. The first-order valence-electron chi connectivity index (χ1n) is 12.0. The van der Waals surface area contributed by atoms with Gasteiger partial charge in [0.25, 0.3) is 5.91 Å². The quantitative estimate of drug-likeness (QED) is 0.213. The van der Waals surface area contributed by atoms with Gasteiger partial charge in [0.2, 0.25) is 5.75 Å². The molecule has 0 fully saturated rings. The normalized spacial score (nSPS) is 10.7. The number of nitriles is 1. The van der Waals surface area contributed by atoms with E-state index < -0.39 is 5.91 Å². The number of carbonyl (C=O) groups is 1. The van der Waals surface area contributed by atoms with Gasteiger partial charge >= 0.3 is 0 Å². The number of nitrogens with one attached hydrogen (secondary N) is 1. The van der Waals surface area contributed by atoms with Gasteiger partial charge in [-0.25, -0.2) is 9.97 Å². The van der Waals surface area contributed by atoms with E-state index in [9.17, 15) is 10.1 Å². The van der Waals surface area contributed by atoms with E-state index >= 15 is 0 Å². The number of nitrogen functional groups attached to an aromatic ring is 2. The number of aromatic nitrogens is 2. The lowest BCUT2D eigenvalue weighted by Crippen LogP contribution is -2.11. The number of pyridine rings is 1. The van der Waals surface area contributed by atoms with Crippen molar-refractivity contribution in [1.82, 2.24) is 9.97 Å². The first-order valence-corrected chi connectivity index (χ1v) is 13.7. The van der Waals surface area contributed by atoms with Crippen molar-refractivity contribution in [2.75, 3.05) is 45.2 Å². The number of benzene rings is 2. The van der Waals surface area contributed by atoms with Crippen molar-refractivity contribution in [2.45, 2.75) is 0 Å². The van der Waals surface area contributed by atoms with Crippen LogP contribution in [0.1, 0.15) is 15.2 Å². The molecule has 208 valence electrons. The molecule has 11 nitrogen and oxygen atoms in total. The molecule has 2 aromatic carbocycles. The van der Waals surface area contributed by atoms with Gasteiger partial charge in [0, 0.05) is 21.9 Å². The summed E-state index contributed by atoms with van der Waals surface area (Å²) in [5.74, 6) is 1.31. The Labute approximate surface area is 242 Å². The molecular weight excluding hydrogens is 564 g/mol. The Bertz CT molecular complexity index is 1820. The molecule has 0 saturated heterocycles. The fraction of sp³-hybridized carbons (Fsp3) is 0.143. The first kappa shape index (κ1) is 27.5. The molecule has 0 bridgehead atoms. The molecular formula is C28H24N6O5S2. The molecule has 0 atom stereocenters. The summed E-state index contributed by atoms with van der Waals surface area (Å²) < 4.78 is 21.9. The predicted octanol–water partition coefficient (Wildman–Crippen LogP) is 5.41. The zero-order valence-corrected chi connectivity index (χ0v) is 24.0. The van der Waals surface area contributed by atoms with Crippen LogP contribution in [0, 0.1) is 11.3 Å². The lowest BCUT2D eigenvalue weighted by atomic mass is 9.96. The van der Waals surface area contributed by atoms with Gasteiger partial charge in [-0.3, -0.25) is 10.1 Å². The first-order chi connectivity index (χ1) is 19.8. The second-order valence-electron chi connectivity index (χ2n) is 8.49. The molecule has 3 heterocycles. The summed E-state index contributed by atoms with van der Waals surface area (Å²) in [5.41, 5.74) is 15.4. The number of rotatable bonds is 8. The summed E-state index contributed by atoms with van der Waals surface area (Å²) in [6.45, 7) is 0. The van der Waals surface area contributed by atoms with Crippen LogP contribution in [0.5, 0.6) is 23.0 Å². The van der Waals surface area contributed by atoms with Gasteiger partial charge in [0.15, 0.2) is 16.6 Å². The van der Waals surface area contributed by atoms with Gasteiger partial charge in [-0.15, -0.1) is 22.7 Å². The molecule has 0 unspecified atom stereocenters. The number of nitrogens with two attached hydrogens (primary N) is 2. The van der Waals surface area contributed by atoms with Gasteiger partial charge < -0.3 is 30.4 Å². The molecule has 0 aliphatic carbocycles. The second kappa shape index (κ2) is 11.2. The lowest BCUT2D eigenvalue weighted by Gasteiger charge is -2.16. The second-order valence-corrected chi connectivity index (χ2v) is 10.3. The summed E-state index contributed by atoms with van der Waals surface area (Å²) in [4.78, 5) is 23.0. The number of methoxy groups -OCH3 is 4. The topological polar surface area (TPSA) is 168 Å². The van der Waals surface area contributed by atoms with E-state index in [2.05, 4.69) is 21.4 Å². The van der Waals surface area contributed by atoms with Crippen molar-refractivity contribution in [3.05, 3.63) is 52.2 Å². The number of para-hydroxylation sites is 1. The Morgan fingerprint density at radius 2 is 1.66 bits per heavy atom. The maximum absolute atomic E-state index is 13.4. The molecule has 3 aromatic heterocycles. The van der Waals surface area contributed by atoms with Crippen molar-refractivity contribution in [3.8, 4) is 51.5 Å². The van der Waals surface area contributed by atoms with Crippen LogP contribution in [0.15, 0.2) is 41.8 Å². The van der Waals surface area contributed by atoms with Gasteiger partial charge in [-0.2, -0.15) is 5.26 Å². The van der Waals surface area contributed by atoms with Crippen LogP contribution < -0.4 is 35.7 Å². The van der Waals surface area contributed by atoms with E-state index in [1.165, 1.54) is 32.7 Å². The molecule has 13 heteroatoms.